The zero-order chi connectivity index (χ0) is 40.3. The van der Waals surface area contributed by atoms with Gasteiger partial charge in [0.1, 0.15) is 11.5 Å². The van der Waals surface area contributed by atoms with E-state index in [9.17, 15) is 0 Å². The summed E-state index contributed by atoms with van der Waals surface area (Å²) in [5, 5.41) is 4.54. The van der Waals surface area contributed by atoms with E-state index in [-0.39, 0.29) is 0 Å². The normalized spacial score (nSPS) is 12.2. The lowest BCUT2D eigenvalue weighted by molar-refractivity contribution is 0.411. The third kappa shape index (κ3) is 7.84. The molecule has 0 atom stereocenters. The average Bonchev–Trinajstić information content (AvgIpc) is 3.72. The molecule has 6 aromatic rings. The van der Waals surface area contributed by atoms with Crippen molar-refractivity contribution in [2.75, 3.05) is 28.4 Å². The quantitative estimate of drug-likeness (QED) is 0.103. The van der Waals surface area contributed by atoms with Gasteiger partial charge in [-0.3, -0.25) is 0 Å². The molecule has 56 heavy (non-hydrogen) atoms. The molecule has 2 heterocycles. The summed E-state index contributed by atoms with van der Waals surface area (Å²) in [7, 11) is 7.03. The summed E-state index contributed by atoms with van der Waals surface area (Å²) in [6.07, 6.45) is 15.0. The largest absolute Gasteiger partial charge is 0.496 e. The van der Waals surface area contributed by atoms with Crippen LogP contribution in [0.15, 0.2) is 83.0 Å². The summed E-state index contributed by atoms with van der Waals surface area (Å²) < 4.78 is 24.6. The molecule has 0 spiro atoms. The van der Waals surface area contributed by atoms with E-state index in [2.05, 4.69) is 126 Å². The van der Waals surface area contributed by atoms with Crippen LogP contribution >= 0.6 is 0 Å². The topological polar surface area (TPSA) is 68.5 Å². The Kier molecular flexibility index (Phi) is 12.4. The summed E-state index contributed by atoms with van der Waals surface area (Å²) >= 11 is 0. The van der Waals surface area contributed by atoms with Crippen molar-refractivity contribution in [1.29, 1.82) is 0 Å². The molecule has 2 aromatic heterocycles. The SMILES string of the molecule is COc1ccc2c([nH]c3c(OC)c(-c4c(C)cc5c([nH]c6c(C/C=C(\C)CCC=C(C)C)c(OC)ccc65)c4OC)c(C)cc32)c1C/C=C(\C)CCC=C(C)C. The number of methoxy groups -OCH3 is 4. The van der Waals surface area contributed by atoms with Crippen LogP contribution in [-0.2, 0) is 12.8 Å². The smallest absolute Gasteiger partial charge is 0.151 e. The van der Waals surface area contributed by atoms with Crippen LogP contribution < -0.4 is 18.9 Å². The third-order valence-corrected chi connectivity index (χ3v) is 11.2. The molecule has 0 radical (unpaired) electrons. The first-order chi connectivity index (χ1) is 26.9. The van der Waals surface area contributed by atoms with Crippen LogP contribution in [-0.4, -0.2) is 38.4 Å². The second-order valence-corrected chi connectivity index (χ2v) is 15.8. The number of fused-ring (bicyclic) bond motifs is 6. The molecule has 4 aromatic carbocycles. The Bertz CT molecular complexity index is 2370. The van der Waals surface area contributed by atoms with Crippen LogP contribution in [0, 0.1) is 13.8 Å². The summed E-state index contributed by atoms with van der Waals surface area (Å²) in [4.78, 5) is 7.64. The second kappa shape index (κ2) is 17.2. The van der Waals surface area contributed by atoms with Gasteiger partial charge in [-0.25, -0.2) is 0 Å². The van der Waals surface area contributed by atoms with Gasteiger partial charge in [0, 0.05) is 43.8 Å². The predicted molar refractivity (Wildman–Crippen MR) is 239 cm³/mol. The van der Waals surface area contributed by atoms with Crippen molar-refractivity contribution < 1.29 is 18.9 Å². The highest BCUT2D eigenvalue weighted by atomic mass is 16.5. The van der Waals surface area contributed by atoms with Crippen molar-refractivity contribution in [2.45, 2.75) is 93.9 Å². The van der Waals surface area contributed by atoms with Gasteiger partial charge in [0.05, 0.1) is 50.5 Å². The number of allylic oxidation sites excluding steroid dienone is 8. The number of aromatic amines is 2. The summed E-state index contributed by atoms with van der Waals surface area (Å²) in [5.41, 5.74) is 16.0. The lowest BCUT2D eigenvalue weighted by Gasteiger charge is -2.19. The van der Waals surface area contributed by atoms with Crippen LogP contribution in [0.2, 0.25) is 0 Å². The Morgan fingerprint density at radius 2 is 0.893 bits per heavy atom. The van der Waals surface area contributed by atoms with Crippen molar-refractivity contribution in [3.63, 3.8) is 0 Å². The number of rotatable bonds is 15. The maximum atomic E-state index is 6.38. The van der Waals surface area contributed by atoms with Gasteiger partial charge in [0.15, 0.2) is 11.5 Å². The first-order valence-electron chi connectivity index (χ1n) is 19.9. The van der Waals surface area contributed by atoms with Crippen molar-refractivity contribution in [1.82, 2.24) is 9.97 Å². The molecule has 0 unspecified atom stereocenters. The predicted octanol–water partition coefficient (Wildman–Crippen LogP) is 13.7. The van der Waals surface area contributed by atoms with E-state index in [4.69, 9.17) is 18.9 Å². The van der Waals surface area contributed by atoms with Gasteiger partial charge in [0.2, 0.25) is 0 Å². The minimum Gasteiger partial charge on any atom is -0.496 e. The number of hydrogen-bond donors (Lipinski definition) is 2. The van der Waals surface area contributed by atoms with Crippen molar-refractivity contribution in [3.05, 3.63) is 105 Å². The molecule has 0 bridgehead atoms. The Labute approximate surface area is 333 Å². The zero-order valence-electron chi connectivity index (χ0n) is 35.6. The van der Waals surface area contributed by atoms with E-state index in [0.717, 1.165) is 139 Å². The second-order valence-electron chi connectivity index (χ2n) is 15.8. The van der Waals surface area contributed by atoms with E-state index in [1.807, 2.05) is 0 Å². The highest BCUT2D eigenvalue weighted by molar-refractivity contribution is 6.16. The summed E-state index contributed by atoms with van der Waals surface area (Å²) in [6.45, 7) is 17.4. The van der Waals surface area contributed by atoms with Crippen LogP contribution in [0.3, 0.4) is 0 Å². The van der Waals surface area contributed by atoms with E-state index in [1.165, 1.54) is 22.3 Å². The molecular weight excluding hydrogens is 693 g/mol. The van der Waals surface area contributed by atoms with Crippen LogP contribution in [0.1, 0.15) is 89.5 Å². The lowest BCUT2D eigenvalue weighted by atomic mass is 9.91. The molecule has 294 valence electrons. The highest BCUT2D eigenvalue weighted by Crippen LogP contribution is 2.50. The standard InChI is InChI=1S/C50H60N2O4/c1-29(2)15-13-17-31(5)19-21-37-41(53-9)25-23-35-39-27-33(7)43(49(55-11)47(39)51-45(35)37)44-34(8)28-40-36-24-26-42(54-10)38(46(36)52-48(40)50(44)56-12)22-20-32(6)18-14-16-30(3)4/h15-16,19-20,23-28,51-52H,13-14,17-18,21-22H2,1-12H3/b31-19+,32-20+. The van der Waals surface area contributed by atoms with Crippen molar-refractivity contribution >= 4 is 43.6 Å². The van der Waals surface area contributed by atoms with E-state index in [0.29, 0.717) is 0 Å². The van der Waals surface area contributed by atoms with Gasteiger partial charge in [-0.1, -0.05) is 46.6 Å². The van der Waals surface area contributed by atoms with Gasteiger partial charge >= 0.3 is 0 Å². The third-order valence-electron chi connectivity index (χ3n) is 11.2. The molecule has 0 aliphatic carbocycles. The first-order valence-corrected chi connectivity index (χ1v) is 19.9. The fraction of sp³-hybridized carbons (Fsp3) is 0.360. The molecule has 0 saturated carbocycles. The Morgan fingerprint density at radius 1 is 0.500 bits per heavy atom. The molecule has 6 nitrogen and oxygen atoms in total. The van der Waals surface area contributed by atoms with Gasteiger partial charge in [-0.05, 0) is 141 Å². The number of hydrogen-bond acceptors (Lipinski definition) is 4. The molecule has 0 saturated heterocycles. The number of H-pyrrole nitrogens is 2. The number of aryl methyl sites for hydroxylation is 2. The summed E-state index contributed by atoms with van der Waals surface area (Å²) in [5.74, 6) is 3.34. The van der Waals surface area contributed by atoms with Crippen LogP contribution in [0.5, 0.6) is 23.0 Å². The number of nitrogens with one attached hydrogen (secondary N) is 2. The minimum atomic E-state index is 0.768. The van der Waals surface area contributed by atoms with Gasteiger partial charge in [0.25, 0.3) is 0 Å². The Balaban J connectivity index is 1.51. The maximum absolute atomic E-state index is 6.38. The van der Waals surface area contributed by atoms with E-state index >= 15 is 0 Å². The van der Waals surface area contributed by atoms with Gasteiger partial charge in [-0.2, -0.15) is 0 Å². The maximum Gasteiger partial charge on any atom is 0.151 e. The van der Waals surface area contributed by atoms with E-state index < -0.39 is 0 Å². The molecule has 0 aliphatic rings. The van der Waals surface area contributed by atoms with Crippen molar-refractivity contribution in [3.8, 4) is 34.1 Å². The number of ether oxygens (including phenoxy) is 4. The molecule has 2 N–H and O–H groups in total. The van der Waals surface area contributed by atoms with Gasteiger partial charge < -0.3 is 28.9 Å². The highest BCUT2D eigenvalue weighted by Gasteiger charge is 2.26. The molecule has 6 rings (SSSR count). The number of benzene rings is 4. The van der Waals surface area contributed by atoms with Crippen molar-refractivity contribution in [2.24, 2.45) is 0 Å². The molecule has 0 fully saturated rings. The van der Waals surface area contributed by atoms with E-state index in [1.54, 1.807) is 28.4 Å². The first kappa shape index (κ1) is 40.3. The monoisotopic (exact) mass is 752 g/mol. The lowest BCUT2D eigenvalue weighted by Crippen LogP contribution is -1.98. The molecule has 0 aliphatic heterocycles. The zero-order valence-corrected chi connectivity index (χ0v) is 35.6. The molecular formula is C50H60N2O4. The fourth-order valence-electron chi connectivity index (χ4n) is 8.24. The summed E-state index contributed by atoms with van der Waals surface area (Å²) in [6, 6.07) is 13.1. The molecule has 6 heteroatoms. The Hall–Kier alpha value is -5.36. The number of aromatic nitrogens is 2. The van der Waals surface area contributed by atoms with Crippen LogP contribution in [0.25, 0.3) is 54.7 Å². The minimum absolute atomic E-state index is 0.768. The molecule has 0 amide bonds. The average molecular weight is 753 g/mol. The Morgan fingerprint density at radius 3 is 1.23 bits per heavy atom. The fourth-order valence-corrected chi connectivity index (χ4v) is 8.24. The van der Waals surface area contributed by atoms with Crippen LogP contribution in [0.4, 0.5) is 0 Å². The van der Waals surface area contributed by atoms with Gasteiger partial charge in [-0.15, -0.1) is 0 Å².